The van der Waals surface area contributed by atoms with E-state index in [0.29, 0.717) is 12.8 Å². The standard InChI is InChI=1S/C13H17N3O5/c1-15-8-9(16(20)21)6-10(15)12(19)14-13(7-11(17)18)4-2-3-5-13/h6,8H,2-5,7H2,1H3,(H,14,19)(H,17,18). The third-order valence-corrected chi connectivity index (χ3v) is 3.86. The zero-order valence-corrected chi connectivity index (χ0v) is 11.7. The largest absolute Gasteiger partial charge is 0.481 e. The molecular weight excluding hydrogens is 278 g/mol. The lowest BCUT2D eigenvalue weighted by Gasteiger charge is -2.28. The van der Waals surface area contributed by atoms with Crippen LogP contribution in [0.25, 0.3) is 0 Å². The highest BCUT2D eigenvalue weighted by molar-refractivity contribution is 5.94. The highest BCUT2D eigenvalue weighted by atomic mass is 16.6. The lowest BCUT2D eigenvalue weighted by molar-refractivity contribution is -0.384. The monoisotopic (exact) mass is 295 g/mol. The molecule has 2 N–H and O–H groups in total. The van der Waals surface area contributed by atoms with Crippen LogP contribution in [0.1, 0.15) is 42.6 Å². The third kappa shape index (κ3) is 3.21. The van der Waals surface area contributed by atoms with Crippen LogP contribution in [0.4, 0.5) is 5.69 Å². The first-order valence-corrected chi connectivity index (χ1v) is 6.68. The number of nitro groups is 1. The molecule has 1 fully saturated rings. The molecule has 21 heavy (non-hydrogen) atoms. The van der Waals surface area contributed by atoms with Crippen molar-refractivity contribution in [3.05, 3.63) is 28.1 Å². The van der Waals surface area contributed by atoms with E-state index in [9.17, 15) is 19.7 Å². The molecule has 0 unspecified atom stereocenters. The Labute approximate surface area is 120 Å². The Balaban J connectivity index is 2.19. The molecule has 8 nitrogen and oxygen atoms in total. The Morgan fingerprint density at radius 3 is 2.57 bits per heavy atom. The number of amides is 1. The van der Waals surface area contributed by atoms with Gasteiger partial charge in [0.15, 0.2) is 0 Å². The molecule has 0 bridgehead atoms. The van der Waals surface area contributed by atoms with Gasteiger partial charge in [-0.15, -0.1) is 0 Å². The summed E-state index contributed by atoms with van der Waals surface area (Å²) in [6.07, 6.45) is 4.06. The maximum atomic E-state index is 12.3. The predicted octanol–water partition coefficient (Wildman–Crippen LogP) is 1.45. The summed E-state index contributed by atoms with van der Waals surface area (Å²) in [5.41, 5.74) is -0.762. The SMILES string of the molecule is Cn1cc([N+](=O)[O-])cc1C(=O)NC1(CC(=O)O)CCCC1. The minimum Gasteiger partial charge on any atom is -0.481 e. The number of aliphatic carboxylic acids is 1. The molecule has 0 spiro atoms. The summed E-state index contributed by atoms with van der Waals surface area (Å²) in [5, 5.41) is 22.5. The second kappa shape index (κ2) is 5.55. The minimum absolute atomic E-state index is 0.134. The van der Waals surface area contributed by atoms with Crippen molar-refractivity contribution >= 4 is 17.6 Å². The molecule has 8 heteroatoms. The van der Waals surface area contributed by atoms with Crippen molar-refractivity contribution in [3.63, 3.8) is 0 Å². The number of nitrogens with one attached hydrogen (secondary N) is 1. The Kier molecular flexibility index (Phi) is 3.97. The van der Waals surface area contributed by atoms with Crippen molar-refractivity contribution in [1.29, 1.82) is 0 Å². The molecule has 0 radical (unpaired) electrons. The number of hydrogen-bond acceptors (Lipinski definition) is 4. The van der Waals surface area contributed by atoms with Crippen LogP contribution >= 0.6 is 0 Å². The van der Waals surface area contributed by atoms with E-state index in [1.54, 1.807) is 7.05 Å². The average molecular weight is 295 g/mol. The van der Waals surface area contributed by atoms with Crippen LogP contribution in [0.3, 0.4) is 0 Å². The number of nitrogens with zero attached hydrogens (tertiary/aromatic N) is 2. The van der Waals surface area contributed by atoms with Gasteiger partial charge < -0.3 is 15.0 Å². The van der Waals surface area contributed by atoms with Crippen LogP contribution in [0, 0.1) is 10.1 Å². The maximum absolute atomic E-state index is 12.3. The van der Waals surface area contributed by atoms with E-state index in [1.807, 2.05) is 0 Å². The van der Waals surface area contributed by atoms with Crippen molar-refractivity contribution in [1.82, 2.24) is 9.88 Å². The van der Waals surface area contributed by atoms with Gasteiger partial charge in [-0.1, -0.05) is 12.8 Å². The first-order valence-electron chi connectivity index (χ1n) is 6.68. The van der Waals surface area contributed by atoms with Gasteiger partial charge >= 0.3 is 5.97 Å². The lowest BCUT2D eigenvalue weighted by Crippen LogP contribution is -2.48. The van der Waals surface area contributed by atoms with E-state index >= 15 is 0 Å². The Morgan fingerprint density at radius 2 is 2.10 bits per heavy atom. The summed E-state index contributed by atoms with van der Waals surface area (Å²) in [4.78, 5) is 33.4. The lowest BCUT2D eigenvalue weighted by atomic mass is 9.93. The first kappa shape index (κ1) is 15.0. The number of carbonyl (C=O) groups excluding carboxylic acids is 1. The second-order valence-electron chi connectivity index (χ2n) is 5.46. The summed E-state index contributed by atoms with van der Waals surface area (Å²) in [5.74, 6) is -1.44. The number of carboxylic acid groups (broad SMARTS) is 1. The van der Waals surface area contributed by atoms with Crippen molar-refractivity contribution < 1.29 is 19.6 Å². The third-order valence-electron chi connectivity index (χ3n) is 3.86. The number of hydrogen-bond donors (Lipinski definition) is 2. The molecular formula is C13H17N3O5. The number of carboxylic acids is 1. The van der Waals surface area contributed by atoms with Gasteiger partial charge in [-0.25, -0.2) is 0 Å². The molecule has 0 aromatic carbocycles. The van der Waals surface area contributed by atoms with Gasteiger partial charge in [-0.05, 0) is 12.8 Å². The van der Waals surface area contributed by atoms with E-state index < -0.39 is 22.3 Å². The molecule has 0 aliphatic heterocycles. The number of rotatable bonds is 5. The van der Waals surface area contributed by atoms with E-state index in [0.717, 1.165) is 12.8 Å². The quantitative estimate of drug-likeness (QED) is 0.630. The van der Waals surface area contributed by atoms with Gasteiger partial charge in [0, 0.05) is 13.1 Å². The maximum Gasteiger partial charge on any atom is 0.305 e. The van der Waals surface area contributed by atoms with Gasteiger partial charge in [0.1, 0.15) is 5.69 Å². The molecule has 1 aliphatic rings. The minimum atomic E-state index is -0.963. The molecule has 1 aromatic heterocycles. The highest BCUT2D eigenvalue weighted by Crippen LogP contribution is 2.33. The number of aromatic nitrogens is 1. The van der Waals surface area contributed by atoms with Crippen molar-refractivity contribution in [2.45, 2.75) is 37.6 Å². The summed E-state index contributed by atoms with van der Waals surface area (Å²) in [6.45, 7) is 0. The normalized spacial score (nSPS) is 16.6. The van der Waals surface area contributed by atoms with Crippen LogP contribution in [0.15, 0.2) is 12.3 Å². The van der Waals surface area contributed by atoms with Crippen molar-refractivity contribution in [2.24, 2.45) is 7.05 Å². The van der Waals surface area contributed by atoms with Crippen molar-refractivity contribution in [2.75, 3.05) is 0 Å². The number of carbonyl (C=O) groups is 2. The molecule has 1 aliphatic carbocycles. The molecule has 1 aromatic rings. The van der Waals surface area contributed by atoms with E-state index in [1.165, 1.54) is 16.8 Å². The second-order valence-corrected chi connectivity index (χ2v) is 5.46. The van der Waals surface area contributed by atoms with Crippen LogP contribution in [0.5, 0.6) is 0 Å². The predicted molar refractivity (Wildman–Crippen MR) is 73.0 cm³/mol. The van der Waals surface area contributed by atoms with Gasteiger partial charge in [-0.2, -0.15) is 0 Å². The summed E-state index contributed by atoms with van der Waals surface area (Å²) in [6, 6.07) is 1.19. The molecule has 1 heterocycles. The summed E-state index contributed by atoms with van der Waals surface area (Å²) in [7, 11) is 1.54. The summed E-state index contributed by atoms with van der Waals surface area (Å²) >= 11 is 0. The molecule has 2 rings (SSSR count). The molecule has 1 saturated carbocycles. The Hall–Kier alpha value is -2.38. The van der Waals surface area contributed by atoms with Crippen molar-refractivity contribution in [3.8, 4) is 0 Å². The zero-order valence-electron chi connectivity index (χ0n) is 11.7. The average Bonchev–Trinajstić information content (AvgIpc) is 2.95. The molecule has 0 saturated heterocycles. The van der Waals surface area contributed by atoms with Gasteiger partial charge in [0.25, 0.3) is 11.6 Å². The molecule has 0 atom stereocenters. The molecule has 114 valence electrons. The molecule has 1 amide bonds. The van der Waals surface area contributed by atoms with Crippen LogP contribution < -0.4 is 5.32 Å². The van der Waals surface area contributed by atoms with Gasteiger partial charge in [0.2, 0.25) is 0 Å². The fraction of sp³-hybridized carbons (Fsp3) is 0.538. The number of aryl methyl sites for hydroxylation is 1. The topological polar surface area (TPSA) is 114 Å². The van der Waals surface area contributed by atoms with Gasteiger partial charge in [0.05, 0.1) is 23.1 Å². The van der Waals surface area contributed by atoms with E-state index in [-0.39, 0.29) is 17.8 Å². The fourth-order valence-electron chi connectivity index (χ4n) is 2.86. The van der Waals surface area contributed by atoms with Crippen LogP contribution in [-0.2, 0) is 11.8 Å². The first-order chi connectivity index (χ1) is 9.83. The van der Waals surface area contributed by atoms with Crippen LogP contribution in [0.2, 0.25) is 0 Å². The van der Waals surface area contributed by atoms with E-state index in [2.05, 4.69) is 5.32 Å². The highest BCUT2D eigenvalue weighted by Gasteiger charge is 2.38. The van der Waals surface area contributed by atoms with E-state index in [4.69, 9.17) is 5.11 Å². The van der Waals surface area contributed by atoms with Gasteiger partial charge in [-0.3, -0.25) is 19.7 Å². The Morgan fingerprint density at radius 1 is 1.48 bits per heavy atom. The fourth-order valence-corrected chi connectivity index (χ4v) is 2.86. The smallest absolute Gasteiger partial charge is 0.305 e. The Bertz CT molecular complexity index is 587. The summed E-state index contributed by atoms with van der Waals surface area (Å²) < 4.78 is 1.37. The zero-order chi connectivity index (χ0) is 15.6. The van der Waals surface area contributed by atoms with Crippen LogP contribution in [-0.4, -0.2) is 32.0 Å².